The molecule has 31 heavy (non-hydrogen) atoms. The fourth-order valence-electron chi connectivity index (χ4n) is 3.11. The van der Waals surface area contributed by atoms with Crippen LogP contribution in [-0.4, -0.2) is 51.3 Å². The van der Waals surface area contributed by atoms with Crippen LogP contribution in [0.25, 0.3) is 22.6 Å². The maximum absolute atomic E-state index is 12.8. The summed E-state index contributed by atoms with van der Waals surface area (Å²) in [5.74, 6) is -0.465. The highest BCUT2D eigenvalue weighted by molar-refractivity contribution is 5.94. The molecule has 0 saturated carbocycles. The van der Waals surface area contributed by atoms with Crippen molar-refractivity contribution in [1.82, 2.24) is 25.1 Å². The lowest BCUT2D eigenvalue weighted by Gasteiger charge is -2.12. The zero-order chi connectivity index (χ0) is 22.0. The number of aryl methyl sites for hydroxylation is 1. The lowest BCUT2D eigenvalue weighted by molar-refractivity contribution is -0.274. The predicted molar refractivity (Wildman–Crippen MR) is 103 cm³/mol. The van der Waals surface area contributed by atoms with E-state index in [9.17, 15) is 18.0 Å². The fraction of sp³-hybridized carbons (Fsp3) is 0.300. The highest BCUT2D eigenvalue weighted by atomic mass is 19.4. The molecule has 1 N–H and O–H groups in total. The van der Waals surface area contributed by atoms with Crippen LogP contribution >= 0.6 is 0 Å². The molecule has 1 saturated heterocycles. The summed E-state index contributed by atoms with van der Waals surface area (Å²) in [6.45, 7) is 1.01. The van der Waals surface area contributed by atoms with E-state index in [0.29, 0.717) is 36.5 Å². The van der Waals surface area contributed by atoms with E-state index in [1.807, 2.05) is 0 Å². The number of rotatable bonds is 5. The maximum Gasteiger partial charge on any atom is 0.573 e. The fourth-order valence-corrected chi connectivity index (χ4v) is 3.11. The van der Waals surface area contributed by atoms with Crippen molar-refractivity contribution in [1.29, 1.82) is 0 Å². The molecule has 8 nitrogen and oxygen atoms in total. The summed E-state index contributed by atoms with van der Waals surface area (Å²) >= 11 is 0. The SMILES string of the molecule is Cn1cc(-c2nc(C(=O)N[C@@H]3CCOC3)cc(-c3ccc(OC(F)(F)F)cc3)n2)cn1. The van der Waals surface area contributed by atoms with Gasteiger partial charge < -0.3 is 14.8 Å². The number of benzene rings is 1. The summed E-state index contributed by atoms with van der Waals surface area (Å²) in [7, 11) is 1.74. The van der Waals surface area contributed by atoms with E-state index < -0.39 is 6.36 Å². The monoisotopic (exact) mass is 433 g/mol. The van der Waals surface area contributed by atoms with Crippen molar-refractivity contribution in [3.8, 4) is 28.4 Å². The van der Waals surface area contributed by atoms with E-state index in [2.05, 4.69) is 25.1 Å². The Hall–Kier alpha value is -3.47. The van der Waals surface area contributed by atoms with Gasteiger partial charge in [0.1, 0.15) is 11.4 Å². The van der Waals surface area contributed by atoms with Crippen molar-refractivity contribution in [3.05, 3.63) is 48.4 Å². The quantitative estimate of drug-likeness (QED) is 0.665. The van der Waals surface area contributed by atoms with Crippen molar-refractivity contribution >= 4 is 5.91 Å². The third kappa shape index (κ3) is 5.18. The number of hydrogen-bond acceptors (Lipinski definition) is 6. The molecule has 1 atom stereocenters. The Morgan fingerprint density at radius 3 is 2.61 bits per heavy atom. The third-order valence-corrected chi connectivity index (χ3v) is 4.57. The van der Waals surface area contributed by atoms with Gasteiger partial charge in [-0.1, -0.05) is 0 Å². The van der Waals surface area contributed by atoms with Crippen molar-refractivity contribution in [2.75, 3.05) is 13.2 Å². The largest absolute Gasteiger partial charge is 0.573 e. The number of alkyl halides is 3. The van der Waals surface area contributed by atoms with Crippen LogP contribution in [0.2, 0.25) is 0 Å². The van der Waals surface area contributed by atoms with Crippen molar-refractivity contribution < 1.29 is 27.4 Å². The molecule has 3 heterocycles. The Kier molecular flexibility index (Phi) is 5.59. The summed E-state index contributed by atoms with van der Waals surface area (Å²) < 4.78 is 48.0. The number of aromatic nitrogens is 4. The third-order valence-electron chi connectivity index (χ3n) is 4.57. The Bertz CT molecular complexity index is 1080. The molecule has 1 fully saturated rings. The molecule has 0 unspecified atom stereocenters. The molecule has 162 valence electrons. The number of carbonyl (C=O) groups excluding carboxylic acids is 1. The van der Waals surface area contributed by atoms with Gasteiger partial charge in [0.25, 0.3) is 5.91 Å². The molecule has 2 aromatic heterocycles. The number of nitrogens with one attached hydrogen (secondary N) is 1. The van der Waals surface area contributed by atoms with Crippen molar-refractivity contribution in [3.63, 3.8) is 0 Å². The second kappa shape index (κ2) is 8.34. The van der Waals surface area contributed by atoms with E-state index in [1.165, 1.54) is 30.3 Å². The Labute approximate surface area is 175 Å². The van der Waals surface area contributed by atoms with Crippen LogP contribution < -0.4 is 10.1 Å². The molecular weight excluding hydrogens is 415 g/mol. The summed E-state index contributed by atoms with van der Waals surface area (Å²) in [5, 5.41) is 6.97. The summed E-state index contributed by atoms with van der Waals surface area (Å²) in [5.41, 5.74) is 1.60. The second-order valence-electron chi connectivity index (χ2n) is 6.97. The van der Waals surface area contributed by atoms with Gasteiger partial charge in [0.15, 0.2) is 5.82 Å². The molecule has 0 aliphatic carbocycles. The zero-order valence-corrected chi connectivity index (χ0v) is 16.4. The first-order valence-electron chi connectivity index (χ1n) is 9.40. The van der Waals surface area contributed by atoms with E-state index in [0.717, 1.165) is 0 Å². The van der Waals surface area contributed by atoms with E-state index in [1.54, 1.807) is 24.1 Å². The Morgan fingerprint density at radius 2 is 2.00 bits per heavy atom. The van der Waals surface area contributed by atoms with Crippen LogP contribution in [0.3, 0.4) is 0 Å². The van der Waals surface area contributed by atoms with Gasteiger partial charge in [-0.3, -0.25) is 9.48 Å². The second-order valence-corrected chi connectivity index (χ2v) is 6.97. The maximum atomic E-state index is 12.8. The minimum atomic E-state index is -4.78. The molecule has 1 aromatic carbocycles. The summed E-state index contributed by atoms with van der Waals surface area (Å²) in [6, 6.07) is 6.62. The van der Waals surface area contributed by atoms with Crippen LogP contribution in [0, 0.1) is 0 Å². The standard InChI is InChI=1S/C20H18F3N5O3/c1-28-10-13(9-24-28)18-26-16(12-2-4-15(5-3-12)31-20(21,22)23)8-17(27-18)19(29)25-14-6-7-30-11-14/h2-5,8-10,14H,6-7,11H2,1H3,(H,25,29)/t14-/m1/s1. The molecule has 4 rings (SSSR count). The molecule has 0 spiro atoms. The highest BCUT2D eigenvalue weighted by Crippen LogP contribution is 2.27. The van der Waals surface area contributed by atoms with Gasteiger partial charge in [-0.05, 0) is 36.8 Å². The number of carbonyl (C=O) groups is 1. The van der Waals surface area contributed by atoms with E-state index in [-0.39, 0.29) is 29.2 Å². The minimum Gasteiger partial charge on any atom is -0.406 e. The number of amides is 1. The average molecular weight is 433 g/mol. The lowest BCUT2D eigenvalue weighted by atomic mass is 10.1. The van der Waals surface area contributed by atoms with E-state index in [4.69, 9.17) is 4.74 Å². The average Bonchev–Trinajstić information content (AvgIpc) is 3.39. The number of ether oxygens (including phenoxy) is 2. The van der Waals surface area contributed by atoms with Crippen LogP contribution in [0.5, 0.6) is 5.75 Å². The lowest BCUT2D eigenvalue weighted by Crippen LogP contribution is -2.35. The number of hydrogen-bond donors (Lipinski definition) is 1. The number of nitrogens with zero attached hydrogens (tertiary/aromatic N) is 4. The van der Waals surface area contributed by atoms with Crippen LogP contribution in [0.4, 0.5) is 13.2 Å². The summed E-state index contributed by atoms with van der Waals surface area (Å²) in [6.07, 6.45) is -0.809. The molecule has 1 amide bonds. The van der Waals surface area contributed by atoms with Gasteiger partial charge in [0.2, 0.25) is 0 Å². The van der Waals surface area contributed by atoms with Gasteiger partial charge >= 0.3 is 6.36 Å². The van der Waals surface area contributed by atoms with Crippen LogP contribution in [0.1, 0.15) is 16.9 Å². The van der Waals surface area contributed by atoms with Gasteiger partial charge in [-0.15, -0.1) is 13.2 Å². The summed E-state index contributed by atoms with van der Waals surface area (Å²) in [4.78, 5) is 21.6. The topological polar surface area (TPSA) is 91.2 Å². The molecule has 1 aliphatic rings. The Balaban J connectivity index is 1.68. The zero-order valence-electron chi connectivity index (χ0n) is 16.4. The smallest absolute Gasteiger partial charge is 0.406 e. The van der Waals surface area contributed by atoms with Crippen LogP contribution in [0.15, 0.2) is 42.7 Å². The first-order valence-corrected chi connectivity index (χ1v) is 9.40. The van der Waals surface area contributed by atoms with E-state index >= 15 is 0 Å². The molecular formula is C20H18F3N5O3. The first kappa shape index (κ1) is 20.8. The first-order chi connectivity index (χ1) is 14.8. The molecule has 1 aliphatic heterocycles. The van der Waals surface area contributed by atoms with Crippen molar-refractivity contribution in [2.24, 2.45) is 7.05 Å². The van der Waals surface area contributed by atoms with Gasteiger partial charge in [-0.2, -0.15) is 5.10 Å². The van der Waals surface area contributed by atoms with Gasteiger partial charge in [0, 0.05) is 25.4 Å². The van der Waals surface area contributed by atoms with Crippen molar-refractivity contribution in [2.45, 2.75) is 18.8 Å². The molecule has 0 radical (unpaired) electrons. The van der Waals surface area contributed by atoms with Gasteiger partial charge in [0.05, 0.1) is 30.1 Å². The predicted octanol–water partition coefficient (Wildman–Crippen LogP) is 2.96. The number of halogens is 3. The molecule has 11 heteroatoms. The highest BCUT2D eigenvalue weighted by Gasteiger charge is 2.31. The van der Waals surface area contributed by atoms with Gasteiger partial charge in [-0.25, -0.2) is 9.97 Å². The normalized spacial score (nSPS) is 16.3. The Morgan fingerprint density at radius 1 is 1.23 bits per heavy atom. The minimum absolute atomic E-state index is 0.105. The molecule has 0 bridgehead atoms. The molecule has 3 aromatic rings. The van der Waals surface area contributed by atoms with Crippen LogP contribution in [-0.2, 0) is 11.8 Å².